The average Bonchev–Trinajstić information content (AvgIpc) is 2.39. The lowest BCUT2D eigenvalue weighted by molar-refractivity contribution is 0.0690. The molecule has 0 spiro atoms. The van der Waals surface area contributed by atoms with Crippen molar-refractivity contribution in [3.8, 4) is 17.1 Å². The first-order chi connectivity index (χ1) is 9.06. The van der Waals surface area contributed by atoms with E-state index in [-0.39, 0.29) is 11.8 Å². The molecule has 0 radical (unpaired) electrons. The zero-order valence-corrected chi connectivity index (χ0v) is 10.6. The number of carbonyl (C=O) groups is 1. The Kier molecular flexibility index (Phi) is 3.70. The monoisotopic (exact) mass is 259 g/mol. The zero-order chi connectivity index (χ0) is 13.8. The average molecular weight is 259 g/mol. The Hall–Kier alpha value is -2.50. The van der Waals surface area contributed by atoms with E-state index in [1.54, 1.807) is 18.3 Å². The van der Waals surface area contributed by atoms with E-state index in [4.69, 9.17) is 9.84 Å². The molecule has 2 aromatic heterocycles. The van der Waals surface area contributed by atoms with Gasteiger partial charge in [0.15, 0.2) is 5.69 Å². The van der Waals surface area contributed by atoms with Gasteiger partial charge in [0.1, 0.15) is 0 Å². The molecule has 0 saturated heterocycles. The smallest absolute Gasteiger partial charge is 0.356 e. The van der Waals surface area contributed by atoms with Crippen LogP contribution in [0.3, 0.4) is 0 Å². The Balaban J connectivity index is 2.27. The molecule has 0 bridgehead atoms. The van der Waals surface area contributed by atoms with Crippen molar-refractivity contribution in [3.63, 3.8) is 0 Å². The van der Waals surface area contributed by atoms with Gasteiger partial charge in [0.25, 0.3) is 0 Å². The second-order valence-electron chi connectivity index (χ2n) is 4.15. The predicted molar refractivity (Wildman–Crippen MR) is 68.0 cm³/mol. The Morgan fingerprint density at radius 2 is 2.05 bits per heavy atom. The van der Waals surface area contributed by atoms with Gasteiger partial charge < -0.3 is 9.84 Å². The topological polar surface area (TPSA) is 85.2 Å². The maximum Gasteiger partial charge on any atom is 0.356 e. The van der Waals surface area contributed by atoms with Crippen LogP contribution < -0.4 is 4.74 Å². The number of hydrogen-bond donors (Lipinski definition) is 1. The molecule has 0 aromatic carbocycles. The number of aromatic nitrogens is 3. The number of pyridine rings is 1. The van der Waals surface area contributed by atoms with Gasteiger partial charge in [-0.05, 0) is 19.9 Å². The third-order valence-electron chi connectivity index (χ3n) is 2.24. The van der Waals surface area contributed by atoms with Crippen molar-refractivity contribution >= 4 is 5.97 Å². The molecular formula is C13H13N3O3. The number of carboxylic acid groups (broad SMARTS) is 1. The second-order valence-corrected chi connectivity index (χ2v) is 4.15. The highest BCUT2D eigenvalue weighted by Crippen LogP contribution is 2.18. The Labute approximate surface area is 110 Å². The lowest BCUT2D eigenvalue weighted by Gasteiger charge is -2.08. The van der Waals surface area contributed by atoms with Crippen LogP contribution in [-0.2, 0) is 0 Å². The van der Waals surface area contributed by atoms with Gasteiger partial charge in [-0.25, -0.2) is 14.8 Å². The highest BCUT2D eigenvalue weighted by Gasteiger charge is 2.08. The molecule has 0 aliphatic rings. The minimum Gasteiger partial charge on any atom is -0.476 e. The molecule has 0 unspecified atom stereocenters. The summed E-state index contributed by atoms with van der Waals surface area (Å²) in [5.74, 6) is -0.594. The first kappa shape index (κ1) is 12.9. The lowest BCUT2D eigenvalue weighted by atomic mass is 10.2. The van der Waals surface area contributed by atoms with E-state index in [0.29, 0.717) is 17.1 Å². The van der Waals surface area contributed by atoms with Crippen LogP contribution in [0.2, 0.25) is 0 Å². The third kappa shape index (κ3) is 3.25. The predicted octanol–water partition coefficient (Wildman–Crippen LogP) is 2.02. The Morgan fingerprint density at radius 3 is 2.63 bits per heavy atom. The highest BCUT2D eigenvalue weighted by atomic mass is 16.5. The number of hydrogen-bond acceptors (Lipinski definition) is 5. The molecule has 0 aliphatic carbocycles. The molecule has 0 aliphatic heterocycles. The van der Waals surface area contributed by atoms with Crippen LogP contribution in [0.4, 0.5) is 0 Å². The molecule has 0 fully saturated rings. The van der Waals surface area contributed by atoms with Crippen molar-refractivity contribution < 1.29 is 14.6 Å². The summed E-state index contributed by atoms with van der Waals surface area (Å²) in [6, 6.07) is 3.48. The van der Waals surface area contributed by atoms with Gasteiger partial charge in [-0.15, -0.1) is 0 Å². The van der Waals surface area contributed by atoms with Crippen molar-refractivity contribution in [1.29, 1.82) is 0 Å². The molecule has 6 heteroatoms. The maximum absolute atomic E-state index is 10.8. The van der Waals surface area contributed by atoms with Crippen LogP contribution >= 0.6 is 0 Å². The first-order valence-corrected chi connectivity index (χ1v) is 5.74. The van der Waals surface area contributed by atoms with Gasteiger partial charge in [-0.2, -0.15) is 0 Å². The van der Waals surface area contributed by atoms with Gasteiger partial charge >= 0.3 is 5.97 Å². The largest absolute Gasteiger partial charge is 0.476 e. The van der Waals surface area contributed by atoms with E-state index in [9.17, 15) is 4.79 Å². The molecule has 19 heavy (non-hydrogen) atoms. The Bertz CT molecular complexity index is 582. The van der Waals surface area contributed by atoms with Crippen LogP contribution in [0.15, 0.2) is 30.7 Å². The number of ether oxygens (including phenoxy) is 1. The summed E-state index contributed by atoms with van der Waals surface area (Å²) in [7, 11) is 0. The van der Waals surface area contributed by atoms with Crippen molar-refractivity contribution in [2.24, 2.45) is 0 Å². The lowest BCUT2D eigenvalue weighted by Crippen LogP contribution is -2.06. The quantitative estimate of drug-likeness (QED) is 0.904. The summed E-state index contributed by atoms with van der Waals surface area (Å²) in [6.45, 7) is 3.83. The first-order valence-electron chi connectivity index (χ1n) is 5.74. The second kappa shape index (κ2) is 5.43. The van der Waals surface area contributed by atoms with Crippen LogP contribution in [0.5, 0.6) is 5.88 Å². The number of rotatable bonds is 4. The van der Waals surface area contributed by atoms with E-state index >= 15 is 0 Å². The molecule has 2 aromatic rings. The highest BCUT2D eigenvalue weighted by molar-refractivity contribution is 5.85. The van der Waals surface area contributed by atoms with E-state index in [1.807, 2.05) is 13.8 Å². The van der Waals surface area contributed by atoms with E-state index in [2.05, 4.69) is 15.0 Å². The van der Waals surface area contributed by atoms with Gasteiger partial charge in [0.2, 0.25) is 5.88 Å². The van der Waals surface area contributed by atoms with E-state index in [0.717, 1.165) is 0 Å². The molecular weight excluding hydrogens is 246 g/mol. The van der Waals surface area contributed by atoms with Crippen LogP contribution in [-0.4, -0.2) is 32.1 Å². The van der Waals surface area contributed by atoms with Gasteiger partial charge in [0.05, 0.1) is 24.2 Å². The summed E-state index contributed by atoms with van der Waals surface area (Å²) < 4.78 is 5.43. The fourth-order valence-corrected chi connectivity index (χ4v) is 1.45. The molecule has 2 rings (SSSR count). The maximum atomic E-state index is 10.8. The van der Waals surface area contributed by atoms with Gasteiger partial charge in [-0.1, -0.05) is 0 Å². The van der Waals surface area contributed by atoms with Gasteiger partial charge in [-0.3, -0.25) is 4.98 Å². The Morgan fingerprint density at radius 1 is 1.26 bits per heavy atom. The molecule has 0 saturated carbocycles. The molecule has 0 atom stereocenters. The summed E-state index contributed by atoms with van der Waals surface area (Å²) >= 11 is 0. The van der Waals surface area contributed by atoms with Crippen molar-refractivity contribution in [2.75, 3.05) is 0 Å². The zero-order valence-electron chi connectivity index (χ0n) is 10.6. The fraction of sp³-hybridized carbons (Fsp3) is 0.231. The molecule has 0 amide bonds. The van der Waals surface area contributed by atoms with E-state index < -0.39 is 5.97 Å². The normalized spacial score (nSPS) is 10.5. The fourth-order valence-electron chi connectivity index (χ4n) is 1.45. The third-order valence-corrected chi connectivity index (χ3v) is 2.24. The summed E-state index contributed by atoms with van der Waals surface area (Å²) in [4.78, 5) is 22.8. The molecule has 2 heterocycles. The SMILES string of the molecule is CC(C)Oc1ccc(-c2cncc(C(=O)O)n2)cn1. The van der Waals surface area contributed by atoms with Gasteiger partial charge in [0, 0.05) is 17.8 Å². The molecule has 6 nitrogen and oxygen atoms in total. The number of nitrogens with zero attached hydrogens (tertiary/aromatic N) is 3. The summed E-state index contributed by atoms with van der Waals surface area (Å²) in [5, 5.41) is 8.86. The molecule has 1 N–H and O–H groups in total. The van der Waals surface area contributed by atoms with Crippen LogP contribution in [0.25, 0.3) is 11.3 Å². The van der Waals surface area contributed by atoms with Crippen molar-refractivity contribution in [1.82, 2.24) is 15.0 Å². The summed E-state index contributed by atoms with van der Waals surface area (Å²) in [5.41, 5.74) is 1.05. The minimum atomic E-state index is -1.11. The summed E-state index contributed by atoms with van der Waals surface area (Å²) in [6.07, 6.45) is 4.32. The van der Waals surface area contributed by atoms with Crippen LogP contribution in [0.1, 0.15) is 24.3 Å². The number of carboxylic acids is 1. The molecule has 98 valence electrons. The van der Waals surface area contributed by atoms with E-state index in [1.165, 1.54) is 12.4 Å². The van der Waals surface area contributed by atoms with Crippen molar-refractivity contribution in [2.45, 2.75) is 20.0 Å². The standard InChI is InChI=1S/C13H13N3O3/c1-8(2)19-12-4-3-9(5-15-12)10-6-14-7-11(16-10)13(17)18/h3-8H,1-2H3,(H,17,18). The minimum absolute atomic E-state index is 0.0495. The van der Waals surface area contributed by atoms with Crippen molar-refractivity contribution in [3.05, 3.63) is 36.4 Å². The van der Waals surface area contributed by atoms with Crippen LogP contribution in [0, 0.1) is 0 Å². The number of aromatic carboxylic acids is 1.